The zero-order valence-corrected chi connectivity index (χ0v) is 21.3. The lowest BCUT2D eigenvalue weighted by Crippen LogP contribution is -2.67. The highest BCUT2D eigenvalue weighted by Crippen LogP contribution is 2.38. The largest absolute Gasteiger partial charge is 0.488 e. The van der Waals surface area contributed by atoms with Crippen LogP contribution in [0.2, 0.25) is 18.1 Å². The molecule has 1 heterocycles. The van der Waals surface area contributed by atoms with E-state index in [9.17, 15) is 4.39 Å². The van der Waals surface area contributed by atoms with E-state index < -0.39 is 20.0 Å². The first-order valence-corrected chi connectivity index (χ1v) is 14.5. The predicted molar refractivity (Wildman–Crippen MR) is 126 cm³/mol. The summed E-state index contributed by atoms with van der Waals surface area (Å²) in [5.74, 6) is -1.77. The molecule has 1 aromatic rings. The summed E-state index contributed by atoms with van der Waals surface area (Å²) in [6, 6.07) is 3.74. The first-order valence-electron chi connectivity index (χ1n) is 11.6. The molecule has 1 aliphatic carbocycles. The lowest BCUT2D eigenvalue weighted by atomic mass is 9.83. The maximum atomic E-state index is 15.2. The van der Waals surface area contributed by atoms with Gasteiger partial charge in [0, 0.05) is 24.2 Å². The molecule has 1 aliphatic heterocycles. The molecule has 3 rings (SSSR count). The van der Waals surface area contributed by atoms with E-state index >= 15 is 4.39 Å². The zero-order chi connectivity index (χ0) is 23.0. The number of ether oxygens (including phenoxy) is 1. The van der Waals surface area contributed by atoms with Gasteiger partial charge < -0.3 is 19.4 Å². The number of rotatable bonds is 6. The molecule has 31 heavy (non-hydrogen) atoms. The molecule has 2 aliphatic rings. The number of nitrogens with one attached hydrogen (secondary N) is 1. The van der Waals surface area contributed by atoms with Crippen molar-refractivity contribution in [3.05, 3.63) is 23.8 Å². The molecule has 0 amide bonds. The lowest BCUT2D eigenvalue weighted by molar-refractivity contribution is 0.194. The number of fused-ring (bicyclic) bond motifs is 1. The predicted octanol–water partition coefficient (Wildman–Crippen LogP) is 5.86. The Hall–Kier alpha value is -1.18. The Balaban J connectivity index is 1.70. The minimum absolute atomic E-state index is 0.0466. The third kappa shape index (κ3) is 5.42. The quantitative estimate of drug-likeness (QED) is 0.431. The van der Waals surface area contributed by atoms with Crippen molar-refractivity contribution >= 4 is 14.0 Å². The minimum atomic E-state index is -1.89. The number of anilines is 1. The summed E-state index contributed by atoms with van der Waals surface area (Å²) in [6.07, 6.45) is 4.37. The van der Waals surface area contributed by atoms with Crippen LogP contribution in [0.3, 0.4) is 0 Å². The highest BCUT2D eigenvalue weighted by atomic mass is 28.4. The van der Waals surface area contributed by atoms with E-state index in [1.165, 1.54) is 6.42 Å². The summed E-state index contributed by atoms with van der Waals surface area (Å²) in [6.45, 7) is 16.3. The summed E-state index contributed by atoms with van der Waals surface area (Å²) in [5.41, 5.74) is 0.186. The van der Waals surface area contributed by atoms with Crippen molar-refractivity contribution < 1.29 is 17.9 Å². The van der Waals surface area contributed by atoms with Crippen LogP contribution in [0.5, 0.6) is 5.75 Å². The van der Waals surface area contributed by atoms with E-state index in [2.05, 4.69) is 57.9 Å². The molecular formula is C24H40F2N2O2Si. The molecule has 2 atom stereocenters. The van der Waals surface area contributed by atoms with E-state index in [1.807, 2.05) is 0 Å². The van der Waals surface area contributed by atoms with E-state index in [0.717, 1.165) is 19.3 Å². The van der Waals surface area contributed by atoms with Crippen LogP contribution in [0.4, 0.5) is 14.5 Å². The summed E-state index contributed by atoms with van der Waals surface area (Å²) in [7, 11) is -1.89. The van der Waals surface area contributed by atoms with Gasteiger partial charge in [0.1, 0.15) is 6.61 Å². The Morgan fingerprint density at radius 3 is 2.45 bits per heavy atom. The molecular weight excluding hydrogens is 414 g/mol. The molecule has 7 heteroatoms. The van der Waals surface area contributed by atoms with Crippen LogP contribution >= 0.6 is 0 Å². The Kier molecular flexibility index (Phi) is 7.09. The molecule has 0 bridgehead atoms. The van der Waals surface area contributed by atoms with Gasteiger partial charge in [-0.05, 0) is 57.0 Å². The maximum Gasteiger partial charge on any atom is 0.202 e. The van der Waals surface area contributed by atoms with Gasteiger partial charge in [-0.3, -0.25) is 0 Å². The Bertz CT molecular complexity index is 780. The normalized spacial score (nSPS) is 24.1. The van der Waals surface area contributed by atoms with Crippen LogP contribution < -0.4 is 15.0 Å². The van der Waals surface area contributed by atoms with Gasteiger partial charge in [0.25, 0.3) is 0 Å². The van der Waals surface area contributed by atoms with Crippen LogP contribution in [-0.2, 0) is 4.43 Å². The van der Waals surface area contributed by atoms with Crippen molar-refractivity contribution in [1.29, 1.82) is 0 Å². The topological polar surface area (TPSA) is 33.7 Å². The minimum Gasteiger partial charge on any atom is -0.488 e. The third-order valence-electron chi connectivity index (χ3n) is 7.22. The van der Waals surface area contributed by atoms with Crippen LogP contribution in [0.1, 0.15) is 60.3 Å². The first kappa shape index (κ1) is 24.5. The van der Waals surface area contributed by atoms with Crippen LogP contribution in [0, 0.1) is 11.6 Å². The monoisotopic (exact) mass is 454 g/mol. The smallest absolute Gasteiger partial charge is 0.202 e. The first-order chi connectivity index (χ1) is 14.3. The van der Waals surface area contributed by atoms with Crippen LogP contribution in [0.25, 0.3) is 0 Å². The average Bonchev–Trinajstić information content (AvgIpc) is 2.66. The number of nitrogens with zero attached hydrogens (tertiary/aromatic N) is 1. The number of hydrogen-bond donors (Lipinski definition) is 1. The highest BCUT2D eigenvalue weighted by molar-refractivity contribution is 6.74. The molecule has 4 nitrogen and oxygen atoms in total. The Labute approximate surface area is 187 Å². The molecule has 2 unspecified atom stereocenters. The fourth-order valence-electron chi connectivity index (χ4n) is 4.53. The third-order valence-corrected chi connectivity index (χ3v) is 11.8. The molecule has 2 fully saturated rings. The summed E-state index contributed by atoms with van der Waals surface area (Å²) in [4.78, 5) is 2.07. The van der Waals surface area contributed by atoms with Gasteiger partial charge in [-0.15, -0.1) is 0 Å². The second-order valence-corrected chi connectivity index (χ2v) is 16.1. The van der Waals surface area contributed by atoms with Crippen molar-refractivity contribution in [3.8, 4) is 5.75 Å². The standard InChI is InChI=1S/C24H40F2N2O2Si/c1-23(2,3)31(6,7)30-15-14-29-20-13-12-19(21(25)22(20)26)28-16-24(4,5)27-17-10-8-9-11-18(17)28/h12-13,17-18,27H,8-11,14-16H2,1-7H3. The Morgan fingerprint density at radius 1 is 1.10 bits per heavy atom. The van der Waals surface area contributed by atoms with Crippen LogP contribution in [0.15, 0.2) is 12.1 Å². The number of benzene rings is 1. The van der Waals surface area contributed by atoms with E-state index in [0.29, 0.717) is 24.9 Å². The molecule has 176 valence electrons. The Morgan fingerprint density at radius 2 is 1.77 bits per heavy atom. The fraction of sp³-hybridized carbons (Fsp3) is 0.750. The van der Waals surface area contributed by atoms with Gasteiger partial charge in [0.2, 0.25) is 5.82 Å². The highest BCUT2D eigenvalue weighted by Gasteiger charge is 2.41. The SMILES string of the molecule is CC1(C)CN(c2ccc(OCCO[Si](C)(C)C(C)(C)C)c(F)c2F)C2CCCCC2N1. The maximum absolute atomic E-state index is 15.2. The average molecular weight is 455 g/mol. The van der Waals surface area contributed by atoms with Gasteiger partial charge in [0.05, 0.1) is 12.3 Å². The van der Waals surface area contributed by atoms with Crippen molar-refractivity contribution in [1.82, 2.24) is 5.32 Å². The number of piperazine rings is 1. The van der Waals surface area contributed by atoms with Crippen molar-refractivity contribution in [2.75, 3.05) is 24.7 Å². The molecule has 0 spiro atoms. The van der Waals surface area contributed by atoms with Crippen molar-refractivity contribution in [2.45, 2.75) is 96.1 Å². The molecule has 1 aromatic carbocycles. The summed E-state index contributed by atoms with van der Waals surface area (Å²) in [5, 5.41) is 3.80. The zero-order valence-electron chi connectivity index (χ0n) is 20.3. The van der Waals surface area contributed by atoms with Crippen molar-refractivity contribution in [2.24, 2.45) is 0 Å². The van der Waals surface area contributed by atoms with Gasteiger partial charge in [0.15, 0.2) is 19.9 Å². The summed E-state index contributed by atoms with van der Waals surface area (Å²) < 4.78 is 41.7. The van der Waals surface area contributed by atoms with E-state index in [-0.39, 0.29) is 29.0 Å². The van der Waals surface area contributed by atoms with Crippen LogP contribution in [-0.4, -0.2) is 45.7 Å². The van der Waals surface area contributed by atoms with E-state index in [4.69, 9.17) is 9.16 Å². The van der Waals surface area contributed by atoms with Gasteiger partial charge in [-0.2, -0.15) is 4.39 Å². The van der Waals surface area contributed by atoms with Gasteiger partial charge in [-0.1, -0.05) is 33.6 Å². The number of halogens is 2. The molecule has 0 radical (unpaired) electrons. The molecule has 1 saturated carbocycles. The lowest BCUT2D eigenvalue weighted by Gasteiger charge is -2.52. The van der Waals surface area contributed by atoms with Gasteiger partial charge in [-0.25, -0.2) is 4.39 Å². The number of hydrogen-bond acceptors (Lipinski definition) is 4. The molecule has 1 N–H and O–H groups in total. The van der Waals surface area contributed by atoms with E-state index in [1.54, 1.807) is 12.1 Å². The second kappa shape index (κ2) is 8.98. The van der Waals surface area contributed by atoms with Crippen molar-refractivity contribution in [3.63, 3.8) is 0 Å². The molecule has 1 saturated heterocycles. The second-order valence-electron chi connectivity index (χ2n) is 11.3. The summed E-state index contributed by atoms with van der Waals surface area (Å²) >= 11 is 0. The van der Waals surface area contributed by atoms with Gasteiger partial charge >= 0.3 is 0 Å². The fourth-order valence-corrected chi connectivity index (χ4v) is 5.55. The molecule has 0 aromatic heterocycles.